The van der Waals surface area contributed by atoms with Gasteiger partial charge in [-0.2, -0.15) is 0 Å². The van der Waals surface area contributed by atoms with Crippen LogP contribution in [0, 0.1) is 6.92 Å². The predicted molar refractivity (Wildman–Crippen MR) is 187 cm³/mol. The van der Waals surface area contributed by atoms with E-state index in [1.54, 1.807) is 11.8 Å². The van der Waals surface area contributed by atoms with Crippen molar-refractivity contribution in [1.29, 1.82) is 0 Å². The fraction of sp³-hybridized carbons (Fsp3) is 0.351. The van der Waals surface area contributed by atoms with E-state index in [2.05, 4.69) is 177 Å². The van der Waals surface area contributed by atoms with E-state index < -0.39 is 16.6 Å². The average molecular weight is 613 g/mol. The summed E-state index contributed by atoms with van der Waals surface area (Å²) >= 11 is 1.79. The van der Waals surface area contributed by atoms with Crippen LogP contribution in [0.1, 0.15) is 58.8 Å². The minimum atomic E-state index is -2.88. The highest BCUT2D eigenvalue weighted by Gasteiger charge is 2.53. The van der Waals surface area contributed by atoms with Gasteiger partial charge in [-0.25, -0.2) is 0 Å². The van der Waals surface area contributed by atoms with Crippen molar-refractivity contribution in [3.05, 3.63) is 126 Å². The Hall–Kier alpha value is -2.42. The highest BCUT2D eigenvalue weighted by atomic mass is 32.2. The fourth-order valence-electron chi connectivity index (χ4n) is 5.17. The lowest BCUT2D eigenvalue weighted by Crippen LogP contribution is -2.67. The van der Waals surface area contributed by atoms with Crippen molar-refractivity contribution in [2.75, 3.05) is 0 Å². The van der Waals surface area contributed by atoms with Gasteiger partial charge in [0.2, 0.25) is 0 Å². The Morgan fingerprint density at radius 1 is 0.571 bits per heavy atom. The Morgan fingerprint density at radius 3 is 1.45 bits per heavy atom. The van der Waals surface area contributed by atoms with Crippen LogP contribution in [0.25, 0.3) is 0 Å². The molecular formula is C37H48O2SSi2. The molecule has 0 saturated carbocycles. The van der Waals surface area contributed by atoms with Crippen LogP contribution in [-0.2, 0) is 8.85 Å². The topological polar surface area (TPSA) is 18.5 Å². The molecule has 0 radical (unpaired) electrons. The van der Waals surface area contributed by atoms with Gasteiger partial charge in [-0.05, 0) is 58.2 Å². The van der Waals surface area contributed by atoms with E-state index in [1.807, 2.05) is 0 Å². The summed E-state index contributed by atoms with van der Waals surface area (Å²) in [6, 6.07) is 41.4. The van der Waals surface area contributed by atoms with Crippen molar-refractivity contribution in [2.45, 2.75) is 88.1 Å². The van der Waals surface area contributed by atoms with E-state index in [9.17, 15) is 0 Å². The lowest BCUT2D eigenvalue weighted by molar-refractivity contribution is 0.0904. The van der Waals surface area contributed by atoms with Gasteiger partial charge in [0.05, 0.1) is 0 Å². The van der Waals surface area contributed by atoms with Crippen LogP contribution < -0.4 is 10.4 Å². The molecule has 0 aliphatic carbocycles. The van der Waals surface area contributed by atoms with E-state index in [1.165, 1.54) is 20.8 Å². The van der Waals surface area contributed by atoms with Crippen molar-refractivity contribution in [2.24, 2.45) is 0 Å². The van der Waals surface area contributed by atoms with E-state index in [4.69, 9.17) is 8.85 Å². The summed E-state index contributed by atoms with van der Waals surface area (Å²) in [6.45, 7) is 20.8. The first kappa shape index (κ1) is 32.5. The molecule has 0 N–H and O–H groups in total. The molecule has 0 aliphatic rings. The van der Waals surface area contributed by atoms with Crippen LogP contribution in [0.4, 0.5) is 0 Å². The zero-order valence-corrected chi connectivity index (χ0v) is 29.7. The second kappa shape index (κ2) is 13.1. The highest BCUT2D eigenvalue weighted by Crippen LogP contribution is 2.47. The van der Waals surface area contributed by atoms with Gasteiger partial charge in [-0.15, -0.1) is 0 Å². The van der Waals surface area contributed by atoms with Gasteiger partial charge in [-0.1, -0.05) is 162 Å². The molecule has 222 valence electrons. The summed E-state index contributed by atoms with van der Waals surface area (Å²) in [4.78, 5) is 1.19. The van der Waals surface area contributed by atoms with Crippen LogP contribution in [0.2, 0.25) is 23.2 Å². The Balaban J connectivity index is 1.96. The third-order valence-electron chi connectivity index (χ3n) is 8.59. The average Bonchev–Trinajstić information content (AvgIpc) is 2.95. The molecule has 0 saturated heterocycles. The smallest absolute Gasteiger partial charge is 0.262 e. The molecule has 0 bridgehead atoms. The molecular weight excluding hydrogens is 565 g/mol. The first-order valence-corrected chi connectivity index (χ1v) is 20.7. The highest BCUT2D eigenvalue weighted by molar-refractivity contribution is 7.99. The predicted octanol–water partition coefficient (Wildman–Crippen LogP) is 9.75. The lowest BCUT2D eigenvalue weighted by Gasteiger charge is -2.48. The van der Waals surface area contributed by atoms with Crippen LogP contribution in [0.15, 0.2) is 120 Å². The molecule has 2 atom stereocenters. The van der Waals surface area contributed by atoms with Gasteiger partial charge < -0.3 is 8.85 Å². The molecule has 42 heavy (non-hydrogen) atoms. The fourth-order valence-corrected chi connectivity index (χ4v) is 12.8. The van der Waals surface area contributed by atoms with Gasteiger partial charge in [0, 0.05) is 4.90 Å². The molecule has 0 aromatic heterocycles. The second-order valence-corrected chi connectivity index (χ2v) is 24.0. The number of hydrogen-bond donors (Lipinski definition) is 0. The normalized spacial score (nSPS) is 14.4. The number of benzene rings is 4. The minimum Gasteiger partial charge on any atom is -0.402 e. The summed E-state index contributed by atoms with van der Waals surface area (Å²) in [5.74, 6) is 0. The van der Waals surface area contributed by atoms with Gasteiger partial charge in [0.25, 0.3) is 8.32 Å². The molecule has 4 aromatic rings. The van der Waals surface area contributed by atoms with Crippen molar-refractivity contribution < 1.29 is 8.85 Å². The standard InChI is InChI=1S/C37H48O2SSi2/c1-29-25-27-31(28-26-29)40-35(39-41(8,9)36(2,3)4)34(30-19-13-10-14-20-30)38-42(37(5,6)7,32-21-15-11-16-22-32)33-23-17-12-18-24-33/h10-28,34-35H,1-9H3/t34-,35+/m0/s1. The zero-order chi connectivity index (χ0) is 30.6. The van der Waals surface area contributed by atoms with Crippen LogP contribution in [0.3, 0.4) is 0 Å². The van der Waals surface area contributed by atoms with Crippen LogP contribution in [-0.4, -0.2) is 22.1 Å². The third kappa shape index (κ3) is 7.20. The molecule has 0 heterocycles. The summed E-state index contributed by atoms with van der Waals surface area (Å²) in [5, 5.41) is 2.45. The molecule has 0 unspecified atom stereocenters. The number of hydrogen-bond acceptors (Lipinski definition) is 3. The van der Waals surface area contributed by atoms with Gasteiger partial charge in [-0.3, -0.25) is 0 Å². The first-order valence-electron chi connectivity index (χ1n) is 15.0. The summed E-state index contributed by atoms with van der Waals surface area (Å²) in [6.07, 6.45) is -0.294. The summed E-state index contributed by atoms with van der Waals surface area (Å²) < 4.78 is 15.3. The molecule has 5 heteroatoms. The van der Waals surface area contributed by atoms with Crippen molar-refractivity contribution in [3.63, 3.8) is 0 Å². The summed E-state index contributed by atoms with van der Waals surface area (Å²) in [7, 11) is -5.08. The maximum atomic E-state index is 7.89. The Labute approximate surface area is 261 Å². The van der Waals surface area contributed by atoms with E-state index in [0.29, 0.717) is 0 Å². The molecule has 0 fully saturated rings. The maximum absolute atomic E-state index is 7.89. The largest absolute Gasteiger partial charge is 0.402 e. The maximum Gasteiger partial charge on any atom is 0.262 e. The van der Waals surface area contributed by atoms with Gasteiger partial charge in [0.1, 0.15) is 11.5 Å². The Bertz CT molecular complexity index is 1350. The molecule has 0 spiro atoms. The van der Waals surface area contributed by atoms with Gasteiger partial charge in [0.15, 0.2) is 8.32 Å². The minimum absolute atomic E-state index is 0.0533. The number of rotatable bonds is 10. The van der Waals surface area contributed by atoms with Crippen LogP contribution >= 0.6 is 11.8 Å². The quantitative estimate of drug-likeness (QED) is 0.101. The Morgan fingerprint density at radius 2 is 1.02 bits per heavy atom. The van der Waals surface area contributed by atoms with Crippen molar-refractivity contribution in [1.82, 2.24) is 0 Å². The van der Waals surface area contributed by atoms with Gasteiger partial charge >= 0.3 is 0 Å². The number of thioether (sulfide) groups is 1. The Kier molecular flexibility index (Phi) is 10.1. The molecule has 4 aromatic carbocycles. The van der Waals surface area contributed by atoms with Crippen molar-refractivity contribution in [3.8, 4) is 0 Å². The lowest BCUT2D eigenvalue weighted by atomic mass is 10.1. The first-order chi connectivity index (χ1) is 19.7. The molecule has 0 aliphatic heterocycles. The van der Waals surface area contributed by atoms with Crippen molar-refractivity contribution >= 4 is 38.8 Å². The van der Waals surface area contributed by atoms with E-state index >= 15 is 0 Å². The monoisotopic (exact) mass is 612 g/mol. The molecule has 0 amide bonds. The number of aryl methyl sites for hydroxylation is 1. The molecule has 2 nitrogen and oxygen atoms in total. The van der Waals surface area contributed by atoms with E-state index in [-0.39, 0.29) is 21.6 Å². The van der Waals surface area contributed by atoms with Crippen LogP contribution in [0.5, 0.6) is 0 Å². The SMILES string of the molecule is Cc1ccc(S[C@@H](O[Si](C)(C)C(C)(C)C)[C@@H](O[Si](c2ccccc2)(c2ccccc2)C(C)(C)C)c2ccccc2)cc1. The third-order valence-corrected chi connectivity index (χ3v) is 19.3. The second-order valence-electron chi connectivity index (χ2n) is 13.8. The summed E-state index contributed by atoms with van der Waals surface area (Å²) in [5.41, 5.74) is 2.16. The molecule has 4 rings (SSSR count). The van der Waals surface area contributed by atoms with E-state index in [0.717, 1.165) is 5.56 Å². The zero-order valence-electron chi connectivity index (χ0n) is 26.8.